The zero-order valence-electron chi connectivity index (χ0n) is 25.3. The third kappa shape index (κ3) is 4.61. The molecule has 3 aromatic rings. The van der Waals surface area contributed by atoms with Crippen LogP contribution in [0.15, 0.2) is 85.1 Å². The van der Waals surface area contributed by atoms with Crippen LogP contribution in [0.3, 0.4) is 0 Å². The fourth-order valence-corrected chi connectivity index (χ4v) is 7.80. The van der Waals surface area contributed by atoms with E-state index in [0.29, 0.717) is 11.1 Å². The van der Waals surface area contributed by atoms with E-state index in [0.717, 1.165) is 0 Å². The standard InChI is InChI=1S/C35H37NO8/c1-32(2)24-21-27(42-30(38)23-15-9-6-10-16-23)34(4)26(41-29(37)22-13-7-5-8-14-22)18-19-33(3,40)35(34,44-32)28(24)43-31(39)25-17-11-12-20-36-25/h5-17,20,24,26-28,40H,18-19,21H2,1-4H3/t24-,26+,27+,28-,33+,34+,35+/m1/s1. The van der Waals surface area contributed by atoms with Gasteiger partial charge in [-0.25, -0.2) is 19.4 Å². The Labute approximate surface area is 256 Å². The van der Waals surface area contributed by atoms with Gasteiger partial charge in [0.25, 0.3) is 0 Å². The zero-order valence-corrected chi connectivity index (χ0v) is 25.3. The third-order valence-corrected chi connectivity index (χ3v) is 10.0. The number of carbonyl (C=O) groups excluding carboxylic acids is 3. The highest BCUT2D eigenvalue weighted by atomic mass is 16.6. The smallest absolute Gasteiger partial charge is 0.357 e. The minimum absolute atomic E-state index is 0.114. The Kier molecular flexibility index (Phi) is 7.37. The van der Waals surface area contributed by atoms with Gasteiger partial charge in [-0.2, -0.15) is 0 Å². The van der Waals surface area contributed by atoms with E-state index in [1.165, 1.54) is 6.20 Å². The van der Waals surface area contributed by atoms with E-state index in [4.69, 9.17) is 18.9 Å². The summed E-state index contributed by atoms with van der Waals surface area (Å²) in [7, 11) is 0. The first-order chi connectivity index (χ1) is 20.9. The van der Waals surface area contributed by atoms with Gasteiger partial charge in [0, 0.05) is 12.1 Å². The van der Waals surface area contributed by atoms with E-state index >= 15 is 0 Å². The fourth-order valence-electron chi connectivity index (χ4n) is 7.80. The van der Waals surface area contributed by atoms with Gasteiger partial charge in [0.05, 0.1) is 27.7 Å². The summed E-state index contributed by atoms with van der Waals surface area (Å²) in [5.74, 6) is -2.25. The lowest BCUT2D eigenvalue weighted by atomic mass is 9.47. The van der Waals surface area contributed by atoms with Crippen molar-refractivity contribution >= 4 is 17.9 Å². The monoisotopic (exact) mass is 599 g/mol. The second-order valence-corrected chi connectivity index (χ2v) is 12.9. The lowest BCUT2D eigenvalue weighted by molar-refractivity contribution is -0.324. The van der Waals surface area contributed by atoms with Crippen LogP contribution in [0.1, 0.15) is 78.2 Å². The van der Waals surface area contributed by atoms with Crippen molar-refractivity contribution in [1.29, 1.82) is 0 Å². The number of hydrogen-bond donors (Lipinski definition) is 1. The molecule has 2 bridgehead atoms. The minimum Gasteiger partial charge on any atom is -0.458 e. The van der Waals surface area contributed by atoms with Crippen LogP contribution >= 0.6 is 0 Å². The molecular formula is C35H37NO8. The summed E-state index contributed by atoms with van der Waals surface area (Å²) in [6.07, 6.45) is -0.532. The predicted molar refractivity (Wildman–Crippen MR) is 159 cm³/mol. The normalized spacial score (nSPS) is 33.5. The molecule has 6 rings (SSSR count). The van der Waals surface area contributed by atoms with E-state index in [-0.39, 0.29) is 25.0 Å². The van der Waals surface area contributed by atoms with Gasteiger partial charge in [0.2, 0.25) is 0 Å². The number of nitrogens with zero attached hydrogens (tertiary/aromatic N) is 1. The first-order valence-corrected chi connectivity index (χ1v) is 15.0. The second-order valence-electron chi connectivity index (χ2n) is 12.9. The lowest BCUT2D eigenvalue weighted by Crippen LogP contribution is -2.79. The first-order valence-electron chi connectivity index (χ1n) is 15.0. The molecule has 3 aliphatic rings. The van der Waals surface area contributed by atoms with Crippen molar-refractivity contribution in [2.45, 2.75) is 82.1 Å². The van der Waals surface area contributed by atoms with Crippen LogP contribution < -0.4 is 0 Å². The van der Waals surface area contributed by atoms with E-state index in [1.807, 2.05) is 26.8 Å². The van der Waals surface area contributed by atoms with Gasteiger partial charge in [-0.15, -0.1) is 0 Å². The van der Waals surface area contributed by atoms with Gasteiger partial charge in [0.15, 0.2) is 0 Å². The molecule has 1 spiro atoms. The maximum atomic E-state index is 13.6. The number of ether oxygens (including phenoxy) is 4. The largest absolute Gasteiger partial charge is 0.458 e. The maximum absolute atomic E-state index is 13.6. The van der Waals surface area contributed by atoms with E-state index in [1.54, 1.807) is 79.7 Å². The summed E-state index contributed by atoms with van der Waals surface area (Å²) in [5.41, 5.74) is -4.62. The summed E-state index contributed by atoms with van der Waals surface area (Å²) in [5, 5.41) is 12.3. The highest BCUT2D eigenvalue weighted by molar-refractivity contribution is 5.90. The van der Waals surface area contributed by atoms with Gasteiger partial charge in [-0.1, -0.05) is 42.5 Å². The number of fused-ring (bicyclic) bond motifs is 1. The minimum atomic E-state index is -1.63. The highest BCUT2D eigenvalue weighted by Crippen LogP contribution is 2.68. The molecule has 230 valence electrons. The Hall–Kier alpha value is -4.08. The van der Waals surface area contributed by atoms with Crippen molar-refractivity contribution in [1.82, 2.24) is 4.98 Å². The molecule has 2 aromatic carbocycles. The first kappa shape index (κ1) is 30.0. The summed E-state index contributed by atoms with van der Waals surface area (Å²) >= 11 is 0. The number of hydrogen-bond acceptors (Lipinski definition) is 9. The molecule has 1 N–H and O–H groups in total. The topological polar surface area (TPSA) is 121 Å². The molecule has 0 amide bonds. The number of benzene rings is 2. The average molecular weight is 600 g/mol. The molecule has 0 unspecified atom stereocenters. The number of aromatic nitrogens is 1. The molecule has 1 aliphatic heterocycles. The van der Waals surface area contributed by atoms with Crippen molar-refractivity contribution in [2.75, 3.05) is 0 Å². The van der Waals surface area contributed by atoms with E-state index < -0.39 is 64.4 Å². The van der Waals surface area contributed by atoms with Crippen LogP contribution in [0.2, 0.25) is 0 Å². The summed E-state index contributed by atoms with van der Waals surface area (Å²) < 4.78 is 25.7. The van der Waals surface area contributed by atoms with Crippen molar-refractivity contribution in [2.24, 2.45) is 11.3 Å². The average Bonchev–Trinajstić information content (AvgIpc) is 3.20. The molecule has 44 heavy (non-hydrogen) atoms. The Balaban J connectivity index is 1.47. The molecule has 1 aromatic heterocycles. The van der Waals surface area contributed by atoms with Crippen LogP contribution in [0.25, 0.3) is 0 Å². The van der Waals surface area contributed by atoms with E-state index in [2.05, 4.69) is 4.98 Å². The maximum Gasteiger partial charge on any atom is 0.357 e. The van der Waals surface area contributed by atoms with Crippen LogP contribution in [0.5, 0.6) is 0 Å². The van der Waals surface area contributed by atoms with Crippen LogP contribution in [-0.4, -0.2) is 63.1 Å². The highest BCUT2D eigenvalue weighted by Gasteiger charge is 2.82. The molecule has 9 nitrogen and oxygen atoms in total. The number of aliphatic hydroxyl groups is 1. The van der Waals surface area contributed by atoms with Gasteiger partial charge >= 0.3 is 17.9 Å². The van der Waals surface area contributed by atoms with E-state index in [9.17, 15) is 19.5 Å². The van der Waals surface area contributed by atoms with Crippen molar-refractivity contribution < 1.29 is 38.4 Å². The van der Waals surface area contributed by atoms with Crippen molar-refractivity contribution in [3.8, 4) is 0 Å². The van der Waals surface area contributed by atoms with Crippen LogP contribution in [0, 0.1) is 11.3 Å². The molecule has 1 saturated heterocycles. The number of pyridine rings is 1. The Morgan fingerprint density at radius 2 is 1.34 bits per heavy atom. The quantitative estimate of drug-likeness (QED) is 0.302. The number of carbonyl (C=O) groups is 3. The molecule has 2 saturated carbocycles. The third-order valence-electron chi connectivity index (χ3n) is 10.0. The van der Waals surface area contributed by atoms with Gasteiger partial charge in [-0.05, 0) is 83.4 Å². The summed E-state index contributed by atoms with van der Waals surface area (Å²) in [6, 6.07) is 22.2. The van der Waals surface area contributed by atoms with Gasteiger partial charge < -0.3 is 24.1 Å². The van der Waals surface area contributed by atoms with Gasteiger partial charge in [-0.3, -0.25) is 0 Å². The number of esters is 3. The Morgan fingerprint density at radius 1 is 0.773 bits per heavy atom. The summed E-state index contributed by atoms with van der Waals surface area (Å²) in [6.45, 7) is 7.23. The SMILES string of the molecule is CC1(C)O[C@]23[C@H](OC(=O)c4ccccn4)[C@H]1C[C@H](OC(=O)c1ccccc1)[C@]2(C)[C@@H](OC(=O)c1ccccc1)CC[C@]3(C)O. The van der Waals surface area contributed by atoms with Crippen LogP contribution in [0.4, 0.5) is 0 Å². The second kappa shape index (κ2) is 10.8. The molecule has 2 aliphatic carbocycles. The molecule has 9 heteroatoms. The summed E-state index contributed by atoms with van der Waals surface area (Å²) in [4.78, 5) is 44.7. The Morgan fingerprint density at radius 3 is 1.91 bits per heavy atom. The number of rotatable bonds is 6. The predicted octanol–water partition coefficient (Wildman–Crippen LogP) is 5.18. The van der Waals surface area contributed by atoms with Gasteiger partial charge in [0.1, 0.15) is 29.6 Å². The molecular weight excluding hydrogens is 562 g/mol. The van der Waals surface area contributed by atoms with Crippen molar-refractivity contribution in [3.63, 3.8) is 0 Å². The lowest BCUT2D eigenvalue weighted by Gasteiger charge is -2.64. The van der Waals surface area contributed by atoms with Crippen molar-refractivity contribution in [3.05, 3.63) is 102 Å². The Bertz CT molecular complexity index is 1540. The molecule has 2 heterocycles. The molecule has 3 fully saturated rings. The molecule has 0 radical (unpaired) electrons. The fraction of sp³-hybridized carbons (Fsp3) is 0.429. The zero-order chi connectivity index (χ0) is 31.3. The van der Waals surface area contributed by atoms with Crippen LogP contribution in [-0.2, 0) is 18.9 Å². The molecule has 7 atom stereocenters.